The fourth-order valence-electron chi connectivity index (χ4n) is 3.10. The Balaban J connectivity index is 1.53. The average Bonchev–Trinajstić information content (AvgIpc) is 2.72. The fraction of sp³-hybridized carbons (Fsp3) is 0.286. The Morgan fingerprint density at radius 3 is 2.38 bits per heavy atom. The van der Waals surface area contributed by atoms with E-state index in [0.29, 0.717) is 37.4 Å². The van der Waals surface area contributed by atoms with Crippen LogP contribution in [0.15, 0.2) is 42.5 Å². The monoisotopic (exact) mass is 418 g/mol. The van der Waals surface area contributed by atoms with Crippen LogP contribution in [0, 0.1) is 5.82 Å². The number of ketones is 1. The van der Waals surface area contributed by atoms with E-state index < -0.39 is 11.8 Å². The molecule has 0 N–H and O–H groups in total. The molecule has 1 aliphatic heterocycles. The zero-order valence-electron chi connectivity index (χ0n) is 15.9. The Morgan fingerprint density at radius 2 is 1.76 bits per heavy atom. The topological polar surface area (TPSA) is 66.9 Å². The third-order valence-corrected chi connectivity index (χ3v) is 5.08. The third-order valence-electron chi connectivity index (χ3n) is 4.75. The lowest BCUT2D eigenvalue weighted by atomic mass is 10.1. The van der Waals surface area contributed by atoms with Gasteiger partial charge < -0.3 is 14.5 Å². The Bertz CT molecular complexity index is 942. The van der Waals surface area contributed by atoms with Crippen molar-refractivity contribution in [3.05, 3.63) is 64.4 Å². The maximum atomic E-state index is 14.3. The van der Waals surface area contributed by atoms with Gasteiger partial charge in [0.1, 0.15) is 5.82 Å². The molecule has 152 valence electrons. The van der Waals surface area contributed by atoms with Crippen molar-refractivity contribution in [1.29, 1.82) is 0 Å². The number of nitrogens with zero attached hydrogens (tertiary/aromatic N) is 2. The van der Waals surface area contributed by atoms with E-state index in [0.717, 1.165) is 0 Å². The molecule has 8 heteroatoms. The molecular weight excluding hydrogens is 399 g/mol. The molecule has 1 heterocycles. The number of carbonyl (C=O) groups excluding carboxylic acids is 3. The molecule has 3 rings (SSSR count). The SMILES string of the molecule is CC(=O)c1ccc(N2CCN(C(=O)COC(=O)c3ccccc3Cl)CC2)c(F)c1. The van der Waals surface area contributed by atoms with Crippen LogP contribution in [0.5, 0.6) is 0 Å². The van der Waals surface area contributed by atoms with Crippen LogP contribution in [0.3, 0.4) is 0 Å². The summed E-state index contributed by atoms with van der Waals surface area (Å²) in [4.78, 5) is 39.1. The molecule has 1 saturated heterocycles. The molecular formula is C21H20ClFN2O4. The lowest BCUT2D eigenvalue weighted by Crippen LogP contribution is -2.50. The van der Waals surface area contributed by atoms with Gasteiger partial charge in [-0.25, -0.2) is 9.18 Å². The minimum Gasteiger partial charge on any atom is -0.452 e. The normalized spacial score (nSPS) is 13.9. The summed E-state index contributed by atoms with van der Waals surface area (Å²) in [6, 6.07) is 10.8. The van der Waals surface area contributed by atoms with E-state index in [1.807, 2.05) is 4.90 Å². The van der Waals surface area contributed by atoms with E-state index in [1.165, 1.54) is 19.1 Å². The van der Waals surface area contributed by atoms with E-state index in [4.69, 9.17) is 16.3 Å². The van der Waals surface area contributed by atoms with Crippen LogP contribution in [0.4, 0.5) is 10.1 Å². The maximum Gasteiger partial charge on any atom is 0.340 e. The van der Waals surface area contributed by atoms with Gasteiger partial charge in [0.2, 0.25) is 0 Å². The summed E-state index contributed by atoms with van der Waals surface area (Å²) >= 11 is 5.95. The first-order valence-electron chi connectivity index (χ1n) is 9.11. The van der Waals surface area contributed by atoms with Gasteiger partial charge in [-0.2, -0.15) is 0 Å². The van der Waals surface area contributed by atoms with Crippen molar-refractivity contribution < 1.29 is 23.5 Å². The highest BCUT2D eigenvalue weighted by Crippen LogP contribution is 2.22. The second-order valence-corrected chi connectivity index (χ2v) is 7.05. The zero-order valence-corrected chi connectivity index (χ0v) is 16.6. The van der Waals surface area contributed by atoms with Crippen LogP contribution < -0.4 is 4.90 Å². The summed E-state index contributed by atoms with van der Waals surface area (Å²) in [5, 5.41) is 0.261. The van der Waals surface area contributed by atoms with Gasteiger partial charge in [0.15, 0.2) is 12.4 Å². The van der Waals surface area contributed by atoms with Gasteiger partial charge in [0, 0.05) is 31.7 Å². The van der Waals surface area contributed by atoms with Gasteiger partial charge in [-0.3, -0.25) is 9.59 Å². The summed E-state index contributed by atoms with van der Waals surface area (Å²) in [7, 11) is 0. The van der Waals surface area contributed by atoms with Crippen LogP contribution in [0.2, 0.25) is 5.02 Å². The maximum absolute atomic E-state index is 14.3. The largest absolute Gasteiger partial charge is 0.452 e. The Hall–Kier alpha value is -2.93. The molecule has 0 bridgehead atoms. The zero-order chi connectivity index (χ0) is 21.0. The molecule has 6 nitrogen and oxygen atoms in total. The van der Waals surface area contributed by atoms with Crippen LogP contribution in [0.1, 0.15) is 27.6 Å². The van der Waals surface area contributed by atoms with Gasteiger partial charge >= 0.3 is 5.97 Å². The molecule has 2 aromatic rings. The number of halogens is 2. The molecule has 0 saturated carbocycles. The molecule has 1 aliphatic rings. The highest BCUT2D eigenvalue weighted by atomic mass is 35.5. The van der Waals surface area contributed by atoms with E-state index >= 15 is 0 Å². The standard InChI is InChI=1S/C21H20ClFN2O4/c1-14(26)15-6-7-19(18(23)12-15)24-8-10-25(11-9-24)20(27)13-29-21(28)16-4-2-3-5-17(16)22/h2-7,12H,8-11,13H2,1H3. The second kappa shape index (κ2) is 9.05. The molecule has 0 unspecified atom stereocenters. The second-order valence-electron chi connectivity index (χ2n) is 6.65. The molecule has 0 aliphatic carbocycles. The smallest absolute Gasteiger partial charge is 0.340 e. The number of anilines is 1. The van der Waals surface area contributed by atoms with E-state index in [9.17, 15) is 18.8 Å². The van der Waals surface area contributed by atoms with Crippen molar-refractivity contribution in [2.24, 2.45) is 0 Å². The third kappa shape index (κ3) is 4.92. The number of piperazine rings is 1. The summed E-state index contributed by atoms with van der Waals surface area (Å²) in [5.74, 6) is -1.64. The number of benzene rings is 2. The average molecular weight is 419 g/mol. The van der Waals surface area contributed by atoms with Gasteiger partial charge in [0.05, 0.1) is 16.3 Å². The first-order chi connectivity index (χ1) is 13.9. The quantitative estimate of drug-likeness (QED) is 0.551. The fourth-order valence-corrected chi connectivity index (χ4v) is 3.32. The van der Waals surface area contributed by atoms with Crippen molar-refractivity contribution in [3.63, 3.8) is 0 Å². The van der Waals surface area contributed by atoms with E-state index in [1.54, 1.807) is 35.2 Å². The van der Waals surface area contributed by atoms with Gasteiger partial charge in [0.25, 0.3) is 5.91 Å². The first kappa shape index (κ1) is 20.8. The summed E-state index contributed by atoms with van der Waals surface area (Å²) in [5.41, 5.74) is 0.920. The summed E-state index contributed by atoms with van der Waals surface area (Å²) in [6.07, 6.45) is 0. The molecule has 2 aromatic carbocycles. The predicted octanol–water partition coefficient (Wildman–Crippen LogP) is 3.19. The molecule has 1 fully saturated rings. The summed E-state index contributed by atoms with van der Waals surface area (Å²) in [6.45, 7) is 2.61. The van der Waals surface area contributed by atoms with E-state index in [2.05, 4.69) is 0 Å². The number of carbonyl (C=O) groups is 3. The minimum absolute atomic E-state index is 0.197. The predicted molar refractivity (Wildman–Crippen MR) is 107 cm³/mol. The molecule has 0 aromatic heterocycles. The number of ether oxygens (including phenoxy) is 1. The Kier molecular flexibility index (Phi) is 6.49. The number of hydrogen-bond acceptors (Lipinski definition) is 5. The highest BCUT2D eigenvalue weighted by molar-refractivity contribution is 6.33. The Labute approximate surface area is 172 Å². The van der Waals surface area contributed by atoms with Gasteiger partial charge in [-0.1, -0.05) is 23.7 Å². The molecule has 29 heavy (non-hydrogen) atoms. The lowest BCUT2D eigenvalue weighted by Gasteiger charge is -2.36. The highest BCUT2D eigenvalue weighted by Gasteiger charge is 2.24. The minimum atomic E-state index is -0.657. The van der Waals surface area contributed by atoms with Crippen molar-refractivity contribution in [1.82, 2.24) is 4.90 Å². The van der Waals surface area contributed by atoms with Gasteiger partial charge in [-0.05, 0) is 37.3 Å². The molecule has 1 amide bonds. The number of hydrogen-bond donors (Lipinski definition) is 0. The van der Waals surface area contributed by atoms with Crippen LogP contribution >= 0.6 is 11.6 Å². The van der Waals surface area contributed by atoms with Crippen molar-refractivity contribution >= 4 is 34.9 Å². The van der Waals surface area contributed by atoms with Crippen LogP contribution in [-0.4, -0.2) is 55.3 Å². The summed E-state index contributed by atoms with van der Waals surface area (Å²) < 4.78 is 19.4. The number of amides is 1. The Morgan fingerprint density at radius 1 is 1.07 bits per heavy atom. The number of rotatable bonds is 5. The van der Waals surface area contributed by atoms with Crippen LogP contribution in [0.25, 0.3) is 0 Å². The first-order valence-corrected chi connectivity index (χ1v) is 9.49. The molecule has 0 spiro atoms. The van der Waals surface area contributed by atoms with Crippen molar-refractivity contribution in [2.45, 2.75) is 6.92 Å². The lowest BCUT2D eigenvalue weighted by molar-refractivity contribution is -0.134. The van der Waals surface area contributed by atoms with Gasteiger partial charge in [-0.15, -0.1) is 0 Å². The molecule has 0 atom stereocenters. The molecule has 0 radical (unpaired) electrons. The van der Waals surface area contributed by atoms with E-state index in [-0.39, 0.29) is 28.9 Å². The number of Topliss-reactive ketones (excluding diaryl/α,β-unsaturated/α-hetero) is 1. The number of esters is 1. The van der Waals surface area contributed by atoms with Crippen LogP contribution in [-0.2, 0) is 9.53 Å². The van der Waals surface area contributed by atoms with Crippen molar-refractivity contribution in [2.75, 3.05) is 37.7 Å². The van der Waals surface area contributed by atoms with Crippen molar-refractivity contribution in [3.8, 4) is 0 Å².